The zero-order valence-electron chi connectivity index (χ0n) is 16.9. The summed E-state index contributed by atoms with van der Waals surface area (Å²) < 4.78 is 58.7. The maximum Gasteiger partial charge on any atom is 0.257 e. The Balaban J connectivity index is 1.51. The Labute approximate surface area is 189 Å². The molecule has 1 fully saturated rings. The van der Waals surface area contributed by atoms with Gasteiger partial charge in [0, 0.05) is 18.7 Å². The van der Waals surface area contributed by atoms with Gasteiger partial charge in [-0.3, -0.25) is 10.1 Å². The molecule has 0 saturated carbocycles. The average molecular weight is 497 g/mol. The van der Waals surface area contributed by atoms with E-state index < -0.39 is 26.0 Å². The normalized spacial score (nSPS) is 15.7. The van der Waals surface area contributed by atoms with Crippen molar-refractivity contribution in [2.24, 2.45) is 0 Å². The summed E-state index contributed by atoms with van der Waals surface area (Å²) in [5.74, 6) is -0.456. The van der Waals surface area contributed by atoms with Crippen molar-refractivity contribution in [2.75, 3.05) is 38.7 Å². The maximum atomic E-state index is 12.7. The first-order valence-electron chi connectivity index (χ1n) is 9.54. The molecule has 170 valence electrons. The Morgan fingerprint density at radius 1 is 1.03 bits per heavy atom. The van der Waals surface area contributed by atoms with Crippen molar-refractivity contribution in [3.8, 4) is 0 Å². The van der Waals surface area contributed by atoms with Crippen molar-refractivity contribution in [1.82, 2.24) is 14.0 Å². The minimum atomic E-state index is -3.64. The molecule has 1 saturated heterocycles. The number of hydrogen-bond acceptors (Lipinski definition) is 8. The largest absolute Gasteiger partial charge is 0.379 e. The molecule has 10 nitrogen and oxygen atoms in total. The van der Waals surface area contributed by atoms with Gasteiger partial charge in [-0.15, -0.1) is 0 Å². The summed E-state index contributed by atoms with van der Waals surface area (Å²) in [5.41, 5.74) is 0.816. The molecule has 3 aromatic rings. The molecule has 1 amide bonds. The van der Waals surface area contributed by atoms with Crippen molar-refractivity contribution in [1.29, 1.82) is 0 Å². The second-order valence-corrected chi connectivity index (χ2v) is 11.7. The quantitative estimate of drug-likeness (QED) is 0.528. The van der Waals surface area contributed by atoms with Crippen LogP contribution in [0.2, 0.25) is 0 Å². The first kappa shape index (κ1) is 22.8. The monoisotopic (exact) mass is 496 g/mol. The molecule has 0 atom stereocenters. The third kappa shape index (κ3) is 4.53. The number of thiazole rings is 1. The molecule has 1 aromatic heterocycles. The van der Waals surface area contributed by atoms with Gasteiger partial charge in [0.1, 0.15) is 0 Å². The first-order chi connectivity index (χ1) is 15.2. The Morgan fingerprint density at radius 2 is 1.69 bits per heavy atom. The summed E-state index contributed by atoms with van der Waals surface area (Å²) >= 11 is 1.14. The van der Waals surface area contributed by atoms with E-state index in [0.717, 1.165) is 11.3 Å². The van der Waals surface area contributed by atoms with Crippen molar-refractivity contribution < 1.29 is 26.4 Å². The number of nitrogens with one attached hydrogen (secondary N) is 2. The molecule has 32 heavy (non-hydrogen) atoms. The van der Waals surface area contributed by atoms with Crippen LogP contribution < -0.4 is 10.0 Å². The van der Waals surface area contributed by atoms with Gasteiger partial charge < -0.3 is 4.74 Å². The molecule has 0 spiro atoms. The highest BCUT2D eigenvalue weighted by molar-refractivity contribution is 7.89. The number of carbonyl (C=O) groups excluding carboxylic acids is 1. The molecule has 2 aromatic carbocycles. The van der Waals surface area contributed by atoms with Crippen LogP contribution >= 0.6 is 11.3 Å². The predicted molar refractivity (Wildman–Crippen MR) is 120 cm³/mol. The van der Waals surface area contributed by atoms with Gasteiger partial charge >= 0.3 is 0 Å². The molecule has 2 N–H and O–H groups in total. The molecule has 4 rings (SSSR count). The van der Waals surface area contributed by atoms with Crippen LogP contribution in [0.15, 0.2) is 52.3 Å². The van der Waals surface area contributed by atoms with E-state index in [1.165, 1.54) is 47.8 Å². The van der Waals surface area contributed by atoms with Crippen LogP contribution in [0.25, 0.3) is 10.2 Å². The number of nitrogens with zero attached hydrogens (tertiary/aromatic N) is 2. The third-order valence-corrected chi connectivity index (χ3v) is 9.14. The van der Waals surface area contributed by atoms with Gasteiger partial charge in [0.15, 0.2) is 5.13 Å². The van der Waals surface area contributed by atoms with Crippen molar-refractivity contribution in [3.05, 3.63) is 48.0 Å². The van der Waals surface area contributed by atoms with E-state index >= 15 is 0 Å². The number of rotatable bonds is 6. The number of anilines is 1. The Kier molecular flexibility index (Phi) is 6.29. The van der Waals surface area contributed by atoms with E-state index in [4.69, 9.17) is 4.74 Å². The lowest BCUT2D eigenvalue weighted by molar-refractivity contribution is 0.0730. The Hall–Kier alpha value is -2.42. The smallest absolute Gasteiger partial charge is 0.257 e. The van der Waals surface area contributed by atoms with Gasteiger partial charge in [0.2, 0.25) is 20.0 Å². The highest BCUT2D eigenvalue weighted by Crippen LogP contribution is 2.28. The van der Waals surface area contributed by atoms with E-state index in [0.29, 0.717) is 41.7 Å². The molecule has 0 radical (unpaired) electrons. The second kappa shape index (κ2) is 8.84. The summed E-state index contributed by atoms with van der Waals surface area (Å²) in [6.45, 7) is 1.29. The van der Waals surface area contributed by atoms with Gasteiger partial charge in [-0.1, -0.05) is 11.3 Å². The van der Waals surface area contributed by atoms with Gasteiger partial charge in [-0.05, 0) is 49.5 Å². The number of carbonyl (C=O) groups is 1. The first-order valence-corrected chi connectivity index (χ1v) is 13.3. The molecule has 0 unspecified atom stereocenters. The second-order valence-electron chi connectivity index (χ2n) is 6.85. The van der Waals surface area contributed by atoms with Crippen molar-refractivity contribution >= 4 is 52.6 Å². The van der Waals surface area contributed by atoms with Crippen LogP contribution in [0.1, 0.15) is 10.4 Å². The fourth-order valence-electron chi connectivity index (χ4n) is 3.13. The predicted octanol–water partition coefficient (Wildman–Crippen LogP) is 1.48. The lowest BCUT2D eigenvalue weighted by atomic mass is 10.2. The van der Waals surface area contributed by atoms with Crippen molar-refractivity contribution in [3.63, 3.8) is 0 Å². The Bertz CT molecular complexity index is 1360. The molecule has 0 bridgehead atoms. The van der Waals surface area contributed by atoms with Gasteiger partial charge in [0.25, 0.3) is 5.91 Å². The number of sulfonamides is 2. The summed E-state index contributed by atoms with van der Waals surface area (Å²) in [6, 6.07) is 10.2. The summed E-state index contributed by atoms with van der Waals surface area (Å²) in [5, 5.41) is 2.97. The topological polar surface area (TPSA) is 135 Å². The van der Waals surface area contributed by atoms with Crippen molar-refractivity contribution in [2.45, 2.75) is 9.79 Å². The van der Waals surface area contributed by atoms with E-state index in [1.54, 1.807) is 6.07 Å². The van der Waals surface area contributed by atoms with E-state index in [-0.39, 0.29) is 15.4 Å². The Morgan fingerprint density at radius 3 is 2.34 bits per heavy atom. The summed E-state index contributed by atoms with van der Waals surface area (Å²) in [6.07, 6.45) is 0. The SMILES string of the molecule is CNS(=O)(=O)c1ccc2nc(NC(=O)c3ccc(S(=O)(=O)N4CCOCC4)cc3)sc2c1. The number of morpholine rings is 1. The molecule has 1 aliphatic rings. The zero-order chi connectivity index (χ0) is 22.9. The highest BCUT2D eigenvalue weighted by Gasteiger charge is 2.26. The van der Waals surface area contributed by atoms with Gasteiger partial charge in [-0.25, -0.2) is 26.5 Å². The minimum absolute atomic E-state index is 0.103. The lowest BCUT2D eigenvalue weighted by Gasteiger charge is -2.26. The average Bonchev–Trinajstić information content (AvgIpc) is 3.21. The number of fused-ring (bicyclic) bond motifs is 1. The van der Waals surface area contributed by atoms with Gasteiger partial charge in [-0.2, -0.15) is 4.31 Å². The van der Waals surface area contributed by atoms with E-state index in [2.05, 4.69) is 15.0 Å². The highest BCUT2D eigenvalue weighted by atomic mass is 32.2. The number of amides is 1. The summed E-state index contributed by atoms with van der Waals surface area (Å²) in [4.78, 5) is 17.1. The minimum Gasteiger partial charge on any atom is -0.379 e. The van der Waals surface area contributed by atoms with E-state index in [9.17, 15) is 21.6 Å². The number of benzene rings is 2. The standard InChI is InChI=1S/C19H20N4O6S3/c1-20-31(25,26)15-6-7-16-17(12-15)30-19(21-16)22-18(24)13-2-4-14(5-3-13)32(27,28)23-8-10-29-11-9-23/h2-7,12,20H,8-11H2,1H3,(H,21,22,24). The number of ether oxygens (including phenoxy) is 1. The fraction of sp³-hybridized carbons (Fsp3) is 0.263. The van der Waals surface area contributed by atoms with Crippen LogP contribution in [0.3, 0.4) is 0 Å². The molecule has 13 heteroatoms. The summed E-state index contributed by atoms with van der Waals surface area (Å²) in [7, 11) is -5.90. The van der Waals surface area contributed by atoms with Crippen LogP contribution in [0, 0.1) is 0 Å². The van der Waals surface area contributed by atoms with Crippen LogP contribution in [-0.4, -0.2) is 65.4 Å². The van der Waals surface area contributed by atoms with E-state index in [1.807, 2.05) is 0 Å². The number of hydrogen-bond donors (Lipinski definition) is 2. The fourth-order valence-corrected chi connectivity index (χ4v) is 6.27. The molecule has 0 aliphatic carbocycles. The van der Waals surface area contributed by atoms with Gasteiger partial charge in [0.05, 0.1) is 33.2 Å². The maximum absolute atomic E-state index is 12.7. The van der Waals surface area contributed by atoms with Crippen LogP contribution in [0.4, 0.5) is 5.13 Å². The lowest BCUT2D eigenvalue weighted by Crippen LogP contribution is -2.40. The third-order valence-electron chi connectivity index (χ3n) is 4.88. The molecule has 2 heterocycles. The van der Waals surface area contributed by atoms with Crippen LogP contribution in [-0.2, 0) is 24.8 Å². The zero-order valence-corrected chi connectivity index (χ0v) is 19.4. The van der Waals surface area contributed by atoms with Crippen LogP contribution in [0.5, 0.6) is 0 Å². The number of aromatic nitrogens is 1. The molecular formula is C19H20N4O6S3. The molecule has 1 aliphatic heterocycles. The molecular weight excluding hydrogens is 476 g/mol.